The summed E-state index contributed by atoms with van der Waals surface area (Å²) in [5.74, 6) is 0.0441. The molecule has 1 aromatic rings. The van der Waals surface area contributed by atoms with Gasteiger partial charge in [0.05, 0.1) is 30.2 Å². The molecule has 0 aromatic heterocycles. The summed E-state index contributed by atoms with van der Waals surface area (Å²) in [6.07, 6.45) is 0.492. The Morgan fingerprint density at radius 2 is 2.00 bits per heavy atom. The molecule has 0 N–H and O–H groups in total. The first-order chi connectivity index (χ1) is 9.83. The number of methoxy groups -OCH3 is 1. The van der Waals surface area contributed by atoms with Crippen molar-refractivity contribution in [2.75, 3.05) is 23.7 Å². The third-order valence-corrected chi connectivity index (χ3v) is 4.94. The molecular weight excluding hydrogens is 294 g/mol. The van der Waals surface area contributed by atoms with Gasteiger partial charge in [-0.25, -0.2) is 13.2 Å². The standard InChI is InChI=1S/C14H19NO5S/c1-10(2)20-13-8-11(14(16)19-3)7-12(9-13)15-5-4-6-21(15,17)18/h7-10H,4-6H2,1-3H3. The maximum Gasteiger partial charge on any atom is 0.338 e. The fourth-order valence-electron chi connectivity index (χ4n) is 2.23. The van der Waals surface area contributed by atoms with Crippen molar-refractivity contribution in [3.05, 3.63) is 23.8 Å². The Kier molecular flexibility index (Phi) is 4.41. The van der Waals surface area contributed by atoms with Gasteiger partial charge in [-0.05, 0) is 32.4 Å². The van der Waals surface area contributed by atoms with Crippen LogP contribution in [0.2, 0.25) is 0 Å². The number of nitrogens with zero attached hydrogens (tertiary/aromatic N) is 1. The van der Waals surface area contributed by atoms with Gasteiger partial charge in [0.2, 0.25) is 10.0 Å². The first-order valence-electron chi connectivity index (χ1n) is 6.74. The highest BCUT2D eigenvalue weighted by Gasteiger charge is 2.29. The monoisotopic (exact) mass is 313 g/mol. The van der Waals surface area contributed by atoms with E-state index in [2.05, 4.69) is 0 Å². The molecular formula is C14H19NO5S. The van der Waals surface area contributed by atoms with Crippen molar-refractivity contribution in [3.63, 3.8) is 0 Å². The summed E-state index contributed by atoms with van der Waals surface area (Å²) >= 11 is 0. The van der Waals surface area contributed by atoms with Crippen LogP contribution in [0.25, 0.3) is 0 Å². The topological polar surface area (TPSA) is 72.9 Å². The first-order valence-corrected chi connectivity index (χ1v) is 8.35. The number of carbonyl (C=O) groups is 1. The molecule has 1 heterocycles. The molecule has 0 atom stereocenters. The Morgan fingerprint density at radius 1 is 1.29 bits per heavy atom. The van der Waals surface area contributed by atoms with Gasteiger partial charge in [-0.2, -0.15) is 0 Å². The van der Waals surface area contributed by atoms with Crippen molar-refractivity contribution in [1.82, 2.24) is 0 Å². The van der Waals surface area contributed by atoms with Gasteiger partial charge < -0.3 is 9.47 Å². The number of anilines is 1. The lowest BCUT2D eigenvalue weighted by Crippen LogP contribution is -2.25. The highest BCUT2D eigenvalue weighted by Crippen LogP contribution is 2.30. The second-order valence-electron chi connectivity index (χ2n) is 5.12. The van der Waals surface area contributed by atoms with E-state index in [1.807, 2.05) is 13.8 Å². The van der Waals surface area contributed by atoms with Gasteiger partial charge in [0.1, 0.15) is 5.75 Å². The third kappa shape index (κ3) is 3.47. The third-order valence-electron chi connectivity index (χ3n) is 3.07. The van der Waals surface area contributed by atoms with E-state index >= 15 is 0 Å². The SMILES string of the molecule is COC(=O)c1cc(OC(C)C)cc(N2CCCS2(=O)=O)c1. The van der Waals surface area contributed by atoms with Crippen LogP contribution in [-0.2, 0) is 14.8 Å². The van der Waals surface area contributed by atoms with Crippen molar-refractivity contribution in [2.45, 2.75) is 26.4 Å². The normalized spacial score (nSPS) is 17.0. The number of rotatable bonds is 4. The number of hydrogen-bond donors (Lipinski definition) is 0. The second-order valence-corrected chi connectivity index (χ2v) is 7.13. The van der Waals surface area contributed by atoms with E-state index in [0.717, 1.165) is 0 Å². The zero-order valence-electron chi connectivity index (χ0n) is 12.3. The maximum atomic E-state index is 12.0. The predicted octanol–water partition coefficient (Wildman–Crippen LogP) is 1.80. The van der Waals surface area contributed by atoms with Crippen LogP contribution in [0.4, 0.5) is 5.69 Å². The average molecular weight is 313 g/mol. The van der Waals surface area contributed by atoms with Gasteiger partial charge in [-0.15, -0.1) is 0 Å². The fourth-order valence-corrected chi connectivity index (χ4v) is 3.78. The van der Waals surface area contributed by atoms with Crippen molar-refractivity contribution in [1.29, 1.82) is 0 Å². The number of sulfonamides is 1. The van der Waals surface area contributed by atoms with Crippen LogP contribution < -0.4 is 9.04 Å². The zero-order chi connectivity index (χ0) is 15.6. The van der Waals surface area contributed by atoms with E-state index in [0.29, 0.717) is 24.4 Å². The van der Waals surface area contributed by atoms with Gasteiger partial charge in [-0.3, -0.25) is 4.31 Å². The molecule has 116 valence electrons. The van der Waals surface area contributed by atoms with Gasteiger partial charge in [-0.1, -0.05) is 0 Å². The molecule has 0 spiro atoms. The maximum absolute atomic E-state index is 12.0. The zero-order valence-corrected chi connectivity index (χ0v) is 13.1. The molecule has 0 unspecified atom stereocenters. The Hall–Kier alpha value is -1.76. The van der Waals surface area contributed by atoms with Crippen molar-refractivity contribution in [2.24, 2.45) is 0 Å². The molecule has 1 aliphatic rings. The van der Waals surface area contributed by atoms with Crippen LogP contribution in [0.1, 0.15) is 30.6 Å². The van der Waals surface area contributed by atoms with E-state index in [-0.39, 0.29) is 17.4 Å². The molecule has 0 saturated carbocycles. The summed E-state index contributed by atoms with van der Waals surface area (Å²) < 4.78 is 35.6. The Morgan fingerprint density at radius 3 is 2.52 bits per heavy atom. The lowest BCUT2D eigenvalue weighted by atomic mass is 10.2. The summed E-state index contributed by atoms with van der Waals surface area (Å²) in [6.45, 7) is 4.13. The van der Waals surface area contributed by atoms with Crippen molar-refractivity contribution < 1.29 is 22.7 Å². The number of carbonyl (C=O) groups excluding carboxylic acids is 1. The van der Waals surface area contributed by atoms with E-state index in [1.165, 1.54) is 17.5 Å². The molecule has 1 fully saturated rings. The molecule has 0 aliphatic carbocycles. The molecule has 6 nitrogen and oxygen atoms in total. The minimum atomic E-state index is -3.31. The predicted molar refractivity (Wildman–Crippen MR) is 79.3 cm³/mol. The smallest absolute Gasteiger partial charge is 0.338 e. The molecule has 0 amide bonds. The van der Waals surface area contributed by atoms with Gasteiger partial charge >= 0.3 is 5.97 Å². The van der Waals surface area contributed by atoms with E-state index in [4.69, 9.17) is 9.47 Å². The summed E-state index contributed by atoms with van der Waals surface area (Å²) in [4.78, 5) is 11.7. The Balaban J connectivity index is 2.47. The number of hydrogen-bond acceptors (Lipinski definition) is 5. The Bertz CT molecular complexity index is 639. The highest BCUT2D eigenvalue weighted by molar-refractivity contribution is 7.93. The van der Waals surface area contributed by atoms with E-state index in [9.17, 15) is 13.2 Å². The van der Waals surface area contributed by atoms with E-state index in [1.54, 1.807) is 12.1 Å². The number of ether oxygens (including phenoxy) is 2. The van der Waals surface area contributed by atoms with Gasteiger partial charge in [0.25, 0.3) is 0 Å². The van der Waals surface area contributed by atoms with Crippen molar-refractivity contribution >= 4 is 21.7 Å². The second kappa shape index (κ2) is 5.93. The fraction of sp³-hybridized carbons (Fsp3) is 0.500. The summed E-state index contributed by atoms with van der Waals surface area (Å²) in [7, 11) is -2.03. The molecule has 1 aliphatic heterocycles. The van der Waals surface area contributed by atoms with E-state index < -0.39 is 16.0 Å². The Labute approximate surface area is 124 Å². The van der Waals surface area contributed by atoms with Crippen LogP contribution >= 0.6 is 0 Å². The minimum Gasteiger partial charge on any atom is -0.491 e. The lowest BCUT2D eigenvalue weighted by molar-refractivity contribution is 0.0600. The summed E-state index contributed by atoms with van der Waals surface area (Å²) in [5.41, 5.74) is 0.707. The average Bonchev–Trinajstić information content (AvgIpc) is 2.76. The van der Waals surface area contributed by atoms with Crippen LogP contribution in [0.5, 0.6) is 5.75 Å². The van der Waals surface area contributed by atoms with Crippen LogP contribution in [0.3, 0.4) is 0 Å². The van der Waals surface area contributed by atoms with Crippen LogP contribution in [0.15, 0.2) is 18.2 Å². The number of benzene rings is 1. The number of esters is 1. The summed E-state index contributed by atoms with van der Waals surface area (Å²) in [5, 5.41) is 0. The highest BCUT2D eigenvalue weighted by atomic mass is 32.2. The van der Waals surface area contributed by atoms with Gasteiger partial charge in [0.15, 0.2) is 0 Å². The van der Waals surface area contributed by atoms with Crippen molar-refractivity contribution in [3.8, 4) is 5.75 Å². The first kappa shape index (κ1) is 15.6. The van der Waals surface area contributed by atoms with Crippen LogP contribution in [-0.4, -0.2) is 39.9 Å². The molecule has 0 bridgehead atoms. The van der Waals surface area contributed by atoms with Crippen LogP contribution in [0, 0.1) is 0 Å². The lowest BCUT2D eigenvalue weighted by Gasteiger charge is -2.19. The molecule has 1 saturated heterocycles. The largest absolute Gasteiger partial charge is 0.491 e. The molecule has 21 heavy (non-hydrogen) atoms. The minimum absolute atomic E-state index is 0.0825. The summed E-state index contributed by atoms with van der Waals surface area (Å²) in [6, 6.07) is 4.70. The quantitative estimate of drug-likeness (QED) is 0.793. The molecule has 2 rings (SSSR count). The molecule has 1 aromatic carbocycles. The molecule has 0 radical (unpaired) electrons. The van der Waals surface area contributed by atoms with Gasteiger partial charge in [0, 0.05) is 12.6 Å². The molecule has 7 heteroatoms.